The van der Waals surface area contributed by atoms with Crippen LogP contribution in [0.15, 0.2) is 47.6 Å². The van der Waals surface area contributed by atoms with Gasteiger partial charge >= 0.3 is 0 Å². The van der Waals surface area contributed by atoms with E-state index < -0.39 is 0 Å². The summed E-state index contributed by atoms with van der Waals surface area (Å²) >= 11 is 6.01. The average Bonchev–Trinajstić information content (AvgIpc) is 2.49. The van der Waals surface area contributed by atoms with Crippen LogP contribution >= 0.6 is 11.6 Å². The number of hydrogen-bond donors (Lipinski definition) is 3. The number of amides is 1. The molecule has 0 radical (unpaired) electrons. The minimum Gasteiger partial charge on any atom is -0.409 e. The van der Waals surface area contributed by atoms with E-state index in [4.69, 9.17) is 22.5 Å². The first kappa shape index (κ1) is 14.9. The van der Waals surface area contributed by atoms with Crippen molar-refractivity contribution in [2.75, 3.05) is 5.32 Å². The van der Waals surface area contributed by atoms with Crippen molar-refractivity contribution in [3.63, 3.8) is 0 Å². The quantitative estimate of drug-likeness (QED) is 0.352. The van der Waals surface area contributed by atoms with Crippen molar-refractivity contribution < 1.29 is 10.0 Å². The Morgan fingerprint density at radius 3 is 2.67 bits per heavy atom. The van der Waals surface area contributed by atoms with E-state index in [1.165, 1.54) is 0 Å². The largest absolute Gasteiger partial charge is 0.409 e. The number of para-hydroxylation sites is 1. The Morgan fingerprint density at radius 2 is 2.00 bits per heavy atom. The molecule has 0 aromatic heterocycles. The van der Waals surface area contributed by atoms with E-state index in [1.807, 2.05) is 6.92 Å². The fraction of sp³-hybridized carbons (Fsp3) is 0.0667. The average molecular weight is 304 g/mol. The molecule has 0 aliphatic carbocycles. The van der Waals surface area contributed by atoms with Gasteiger partial charge in [0, 0.05) is 16.1 Å². The molecule has 108 valence electrons. The third kappa shape index (κ3) is 3.32. The van der Waals surface area contributed by atoms with Gasteiger partial charge in [-0.3, -0.25) is 4.79 Å². The van der Waals surface area contributed by atoms with E-state index in [0.29, 0.717) is 21.8 Å². The highest BCUT2D eigenvalue weighted by atomic mass is 35.5. The molecule has 6 heteroatoms. The molecule has 0 bridgehead atoms. The number of halogens is 1. The molecule has 21 heavy (non-hydrogen) atoms. The molecule has 0 unspecified atom stereocenters. The van der Waals surface area contributed by atoms with Crippen LogP contribution in [0.25, 0.3) is 0 Å². The SMILES string of the molecule is Cc1ccc(C(=O)Nc2ccccc2C(N)=NO)cc1Cl. The highest BCUT2D eigenvalue weighted by Crippen LogP contribution is 2.19. The highest BCUT2D eigenvalue weighted by molar-refractivity contribution is 6.31. The normalized spacial score (nSPS) is 11.2. The predicted molar refractivity (Wildman–Crippen MR) is 83.1 cm³/mol. The number of amidine groups is 1. The fourth-order valence-electron chi connectivity index (χ4n) is 1.80. The fourth-order valence-corrected chi connectivity index (χ4v) is 1.98. The maximum Gasteiger partial charge on any atom is 0.255 e. The summed E-state index contributed by atoms with van der Waals surface area (Å²) < 4.78 is 0. The highest BCUT2D eigenvalue weighted by Gasteiger charge is 2.12. The van der Waals surface area contributed by atoms with Gasteiger partial charge in [-0.1, -0.05) is 35.0 Å². The Labute approximate surface area is 127 Å². The first-order valence-corrected chi connectivity index (χ1v) is 6.55. The lowest BCUT2D eigenvalue weighted by atomic mass is 10.1. The molecule has 2 aromatic carbocycles. The van der Waals surface area contributed by atoms with E-state index in [1.54, 1.807) is 42.5 Å². The lowest BCUT2D eigenvalue weighted by Gasteiger charge is -2.10. The summed E-state index contributed by atoms with van der Waals surface area (Å²) in [6.07, 6.45) is 0. The zero-order chi connectivity index (χ0) is 15.4. The molecule has 0 saturated carbocycles. The number of nitrogens with zero attached hydrogens (tertiary/aromatic N) is 1. The number of nitrogens with one attached hydrogen (secondary N) is 1. The molecule has 2 rings (SSSR count). The predicted octanol–water partition coefficient (Wildman–Crippen LogP) is 3.00. The van der Waals surface area contributed by atoms with E-state index in [-0.39, 0.29) is 11.7 Å². The number of carbonyl (C=O) groups excluding carboxylic acids is 1. The van der Waals surface area contributed by atoms with Gasteiger partial charge in [0.25, 0.3) is 5.91 Å². The number of nitrogens with two attached hydrogens (primary N) is 1. The summed E-state index contributed by atoms with van der Waals surface area (Å²) in [6, 6.07) is 11.8. The van der Waals surface area contributed by atoms with Crippen molar-refractivity contribution in [3.8, 4) is 0 Å². The van der Waals surface area contributed by atoms with Crippen LogP contribution in [0.3, 0.4) is 0 Å². The smallest absolute Gasteiger partial charge is 0.255 e. The summed E-state index contributed by atoms with van der Waals surface area (Å²) in [4.78, 5) is 12.2. The van der Waals surface area contributed by atoms with Crippen LogP contribution in [-0.2, 0) is 0 Å². The second kappa shape index (κ2) is 6.28. The molecule has 0 heterocycles. The molecule has 2 aromatic rings. The third-order valence-electron chi connectivity index (χ3n) is 2.99. The van der Waals surface area contributed by atoms with E-state index in [0.717, 1.165) is 5.56 Å². The summed E-state index contributed by atoms with van der Waals surface area (Å²) in [6.45, 7) is 1.86. The van der Waals surface area contributed by atoms with Crippen molar-refractivity contribution in [2.45, 2.75) is 6.92 Å². The second-order valence-corrected chi connectivity index (χ2v) is 4.86. The molecule has 0 aliphatic heterocycles. The van der Waals surface area contributed by atoms with Crippen molar-refractivity contribution >= 4 is 29.0 Å². The number of aryl methyl sites for hydroxylation is 1. The second-order valence-electron chi connectivity index (χ2n) is 4.45. The van der Waals surface area contributed by atoms with Crippen LogP contribution < -0.4 is 11.1 Å². The van der Waals surface area contributed by atoms with Crippen molar-refractivity contribution in [1.82, 2.24) is 0 Å². The van der Waals surface area contributed by atoms with Gasteiger partial charge in [0.15, 0.2) is 5.84 Å². The van der Waals surface area contributed by atoms with Crippen LogP contribution in [0, 0.1) is 6.92 Å². The van der Waals surface area contributed by atoms with E-state index in [9.17, 15) is 4.79 Å². The lowest BCUT2D eigenvalue weighted by Crippen LogP contribution is -2.19. The van der Waals surface area contributed by atoms with Crippen LogP contribution in [0.1, 0.15) is 21.5 Å². The maximum atomic E-state index is 12.2. The van der Waals surface area contributed by atoms with Crippen LogP contribution in [0.2, 0.25) is 5.02 Å². The van der Waals surface area contributed by atoms with Gasteiger partial charge in [0.1, 0.15) is 0 Å². The van der Waals surface area contributed by atoms with Gasteiger partial charge in [0.2, 0.25) is 0 Å². The van der Waals surface area contributed by atoms with Crippen molar-refractivity contribution in [3.05, 3.63) is 64.2 Å². The van der Waals surface area contributed by atoms with Gasteiger partial charge in [-0.05, 0) is 36.8 Å². The number of anilines is 1. The van der Waals surface area contributed by atoms with E-state index in [2.05, 4.69) is 10.5 Å². The topological polar surface area (TPSA) is 87.7 Å². The van der Waals surface area contributed by atoms with Gasteiger partial charge in [-0.25, -0.2) is 0 Å². The molecular formula is C15H14ClN3O2. The number of rotatable bonds is 3. The summed E-state index contributed by atoms with van der Waals surface area (Å²) in [7, 11) is 0. The molecule has 0 spiro atoms. The molecule has 0 fully saturated rings. The maximum absolute atomic E-state index is 12.2. The zero-order valence-electron chi connectivity index (χ0n) is 11.3. The Morgan fingerprint density at radius 1 is 1.29 bits per heavy atom. The number of carbonyl (C=O) groups is 1. The van der Waals surface area contributed by atoms with Crippen molar-refractivity contribution in [2.24, 2.45) is 10.9 Å². The standard InChI is InChI=1S/C15H14ClN3O2/c1-9-6-7-10(8-12(9)16)15(20)18-13-5-3-2-4-11(13)14(17)19-21/h2-8,21H,1H3,(H2,17,19)(H,18,20). The van der Waals surface area contributed by atoms with Gasteiger partial charge in [-0.15, -0.1) is 0 Å². The lowest BCUT2D eigenvalue weighted by molar-refractivity contribution is 0.102. The Bertz CT molecular complexity index is 714. The molecule has 0 atom stereocenters. The molecule has 5 nitrogen and oxygen atoms in total. The minimum absolute atomic E-state index is 0.0761. The number of hydrogen-bond acceptors (Lipinski definition) is 3. The molecule has 4 N–H and O–H groups in total. The van der Waals surface area contributed by atoms with Crippen LogP contribution in [-0.4, -0.2) is 17.0 Å². The Kier molecular flexibility index (Phi) is 4.45. The Hall–Kier alpha value is -2.53. The monoisotopic (exact) mass is 303 g/mol. The molecular weight excluding hydrogens is 290 g/mol. The third-order valence-corrected chi connectivity index (χ3v) is 3.40. The molecule has 0 aliphatic rings. The minimum atomic E-state index is -0.324. The van der Waals surface area contributed by atoms with Gasteiger partial charge < -0.3 is 16.3 Å². The van der Waals surface area contributed by atoms with Crippen LogP contribution in [0.5, 0.6) is 0 Å². The molecule has 0 saturated heterocycles. The summed E-state index contributed by atoms with van der Waals surface area (Å²) in [5.41, 5.74) is 7.80. The zero-order valence-corrected chi connectivity index (χ0v) is 12.1. The molecule has 1 amide bonds. The first-order valence-electron chi connectivity index (χ1n) is 6.17. The van der Waals surface area contributed by atoms with Crippen LogP contribution in [0.4, 0.5) is 5.69 Å². The van der Waals surface area contributed by atoms with Gasteiger partial charge in [0.05, 0.1) is 5.69 Å². The van der Waals surface area contributed by atoms with Gasteiger partial charge in [-0.2, -0.15) is 0 Å². The number of oxime groups is 1. The first-order chi connectivity index (χ1) is 10.0. The Balaban J connectivity index is 2.30. The summed E-state index contributed by atoms with van der Waals surface area (Å²) in [5, 5.41) is 15.0. The van der Waals surface area contributed by atoms with Crippen molar-refractivity contribution in [1.29, 1.82) is 0 Å². The number of benzene rings is 2. The summed E-state index contributed by atoms with van der Waals surface area (Å²) in [5.74, 6) is -0.400. The van der Waals surface area contributed by atoms with E-state index >= 15 is 0 Å².